The first-order chi connectivity index (χ1) is 6.61. The van der Waals surface area contributed by atoms with Crippen molar-refractivity contribution in [3.05, 3.63) is 0 Å². The van der Waals surface area contributed by atoms with E-state index < -0.39 is 6.09 Å². The van der Waals surface area contributed by atoms with Crippen LogP contribution in [0.25, 0.3) is 0 Å². The Hall–Kier alpha value is -1.30. The second-order valence-electron chi connectivity index (χ2n) is 2.76. The first-order valence-corrected chi connectivity index (χ1v) is 4.32. The Balaban J connectivity index is 3.67. The normalized spacial score (nSPS) is 9.36. The molecule has 2 N–H and O–H groups in total. The Labute approximate surface area is 83.6 Å². The van der Waals surface area contributed by atoms with E-state index in [9.17, 15) is 9.59 Å². The molecule has 0 radical (unpaired) electrons. The largest absolute Gasteiger partial charge is 0.453 e. The predicted octanol–water partition coefficient (Wildman–Crippen LogP) is -0.980. The first-order valence-electron chi connectivity index (χ1n) is 4.32. The van der Waals surface area contributed by atoms with Gasteiger partial charge in [0.25, 0.3) is 0 Å². The number of alkyl carbamates (subject to hydrolysis) is 1. The maximum atomic E-state index is 11.3. The molecule has 2 amide bonds. The Bertz CT molecular complexity index is 196. The van der Waals surface area contributed by atoms with Crippen molar-refractivity contribution in [3.8, 4) is 0 Å². The number of amides is 2. The van der Waals surface area contributed by atoms with E-state index in [1.807, 2.05) is 7.05 Å². The molecule has 0 aliphatic heterocycles. The minimum absolute atomic E-state index is 0.0348. The van der Waals surface area contributed by atoms with Crippen molar-refractivity contribution >= 4 is 12.0 Å². The monoisotopic (exact) mass is 203 g/mol. The molecule has 0 aromatic carbocycles. The van der Waals surface area contributed by atoms with Crippen LogP contribution in [0.3, 0.4) is 0 Å². The topological polar surface area (TPSA) is 70.7 Å². The smallest absolute Gasteiger partial charge is 0.407 e. The lowest BCUT2D eigenvalue weighted by molar-refractivity contribution is -0.128. The van der Waals surface area contributed by atoms with Crippen LogP contribution in [0.15, 0.2) is 0 Å². The van der Waals surface area contributed by atoms with Crippen molar-refractivity contribution < 1.29 is 14.3 Å². The number of hydrogen-bond donors (Lipinski definition) is 2. The van der Waals surface area contributed by atoms with E-state index in [4.69, 9.17) is 0 Å². The van der Waals surface area contributed by atoms with Gasteiger partial charge in [-0.1, -0.05) is 0 Å². The van der Waals surface area contributed by atoms with E-state index in [1.165, 1.54) is 12.0 Å². The van der Waals surface area contributed by atoms with E-state index in [2.05, 4.69) is 15.4 Å². The average molecular weight is 203 g/mol. The number of nitrogens with zero attached hydrogens (tertiary/aromatic N) is 1. The lowest BCUT2D eigenvalue weighted by Gasteiger charge is -2.16. The summed E-state index contributed by atoms with van der Waals surface area (Å²) >= 11 is 0. The molecular formula is C8H17N3O3. The molecule has 0 rings (SSSR count). The zero-order valence-corrected chi connectivity index (χ0v) is 8.79. The van der Waals surface area contributed by atoms with Crippen molar-refractivity contribution in [2.24, 2.45) is 0 Å². The van der Waals surface area contributed by atoms with Crippen molar-refractivity contribution in [1.82, 2.24) is 15.5 Å². The zero-order chi connectivity index (χ0) is 11.0. The highest BCUT2D eigenvalue weighted by atomic mass is 16.5. The first kappa shape index (κ1) is 12.7. The van der Waals surface area contributed by atoms with Crippen LogP contribution in [0.2, 0.25) is 0 Å². The molecule has 0 aromatic rings. The Morgan fingerprint density at radius 3 is 2.57 bits per heavy atom. The molecule has 0 atom stereocenters. The van der Waals surface area contributed by atoms with Gasteiger partial charge in [-0.2, -0.15) is 0 Å². The molecule has 14 heavy (non-hydrogen) atoms. The van der Waals surface area contributed by atoms with Crippen LogP contribution in [0.4, 0.5) is 4.79 Å². The summed E-state index contributed by atoms with van der Waals surface area (Å²) < 4.78 is 4.33. The van der Waals surface area contributed by atoms with E-state index in [-0.39, 0.29) is 12.5 Å². The van der Waals surface area contributed by atoms with E-state index in [1.54, 1.807) is 7.05 Å². The fraction of sp³-hybridized carbons (Fsp3) is 0.750. The molecule has 0 spiro atoms. The number of ether oxygens (including phenoxy) is 1. The maximum Gasteiger partial charge on any atom is 0.407 e. The zero-order valence-electron chi connectivity index (χ0n) is 8.79. The Morgan fingerprint density at radius 1 is 1.43 bits per heavy atom. The van der Waals surface area contributed by atoms with E-state index in [0.717, 1.165) is 6.54 Å². The van der Waals surface area contributed by atoms with Gasteiger partial charge < -0.3 is 20.3 Å². The number of rotatable bonds is 5. The molecule has 0 saturated heterocycles. The van der Waals surface area contributed by atoms with Gasteiger partial charge in [-0.05, 0) is 7.05 Å². The second-order valence-corrected chi connectivity index (χ2v) is 2.76. The summed E-state index contributed by atoms with van der Waals surface area (Å²) in [5.41, 5.74) is 0. The highest BCUT2D eigenvalue weighted by molar-refractivity contribution is 5.81. The number of carbonyl (C=O) groups excluding carboxylic acids is 2. The molecule has 6 heteroatoms. The number of likely N-dealkylation sites (N-methyl/N-ethyl adjacent to an activating group) is 2. The molecule has 0 aromatic heterocycles. The molecular weight excluding hydrogens is 186 g/mol. The van der Waals surface area contributed by atoms with Gasteiger partial charge in [0, 0.05) is 20.1 Å². The molecule has 0 fully saturated rings. The summed E-state index contributed by atoms with van der Waals surface area (Å²) in [6, 6.07) is 0. The van der Waals surface area contributed by atoms with Gasteiger partial charge in [-0.15, -0.1) is 0 Å². The summed E-state index contributed by atoms with van der Waals surface area (Å²) in [4.78, 5) is 23.5. The number of hydrogen-bond acceptors (Lipinski definition) is 4. The third kappa shape index (κ3) is 5.36. The summed E-state index contributed by atoms with van der Waals surface area (Å²) in [5, 5.41) is 5.24. The SMILES string of the molecule is CNCCN(C)C(=O)CNC(=O)OC. The minimum Gasteiger partial charge on any atom is -0.453 e. The third-order valence-corrected chi connectivity index (χ3v) is 1.69. The Morgan fingerprint density at radius 2 is 2.07 bits per heavy atom. The van der Waals surface area contributed by atoms with Crippen LogP contribution in [0.1, 0.15) is 0 Å². The summed E-state index contributed by atoms with van der Waals surface area (Å²) in [6.45, 7) is 1.30. The molecule has 0 bridgehead atoms. The lowest BCUT2D eigenvalue weighted by Crippen LogP contribution is -2.40. The van der Waals surface area contributed by atoms with Crippen molar-refractivity contribution in [2.45, 2.75) is 0 Å². The molecule has 0 saturated carbocycles. The van der Waals surface area contributed by atoms with Gasteiger partial charge in [0.1, 0.15) is 6.54 Å². The highest BCUT2D eigenvalue weighted by Gasteiger charge is 2.09. The highest BCUT2D eigenvalue weighted by Crippen LogP contribution is 1.82. The molecule has 0 unspecified atom stereocenters. The number of methoxy groups -OCH3 is 1. The fourth-order valence-electron chi connectivity index (χ4n) is 0.759. The lowest BCUT2D eigenvalue weighted by atomic mass is 10.5. The standard InChI is InChI=1S/C8H17N3O3/c1-9-4-5-11(2)7(12)6-10-8(13)14-3/h9H,4-6H2,1-3H3,(H,10,13). The summed E-state index contributed by atoms with van der Waals surface area (Å²) in [5.74, 6) is -0.148. The van der Waals surface area contributed by atoms with Gasteiger partial charge >= 0.3 is 6.09 Å². The quantitative estimate of drug-likeness (QED) is 0.602. The molecule has 0 aliphatic rings. The molecule has 0 heterocycles. The van der Waals surface area contributed by atoms with Crippen molar-refractivity contribution in [3.63, 3.8) is 0 Å². The molecule has 82 valence electrons. The van der Waals surface area contributed by atoms with Crippen LogP contribution in [0, 0.1) is 0 Å². The van der Waals surface area contributed by atoms with Gasteiger partial charge in [-0.3, -0.25) is 4.79 Å². The molecule has 0 aliphatic carbocycles. The molecule has 6 nitrogen and oxygen atoms in total. The van der Waals surface area contributed by atoms with Crippen LogP contribution >= 0.6 is 0 Å². The van der Waals surface area contributed by atoms with Crippen LogP contribution in [-0.2, 0) is 9.53 Å². The second kappa shape index (κ2) is 7.14. The number of carbonyl (C=O) groups is 2. The van der Waals surface area contributed by atoms with E-state index >= 15 is 0 Å². The fourth-order valence-corrected chi connectivity index (χ4v) is 0.759. The average Bonchev–Trinajstić information content (AvgIpc) is 2.21. The third-order valence-electron chi connectivity index (χ3n) is 1.69. The van der Waals surface area contributed by atoms with Gasteiger partial charge in [0.05, 0.1) is 7.11 Å². The van der Waals surface area contributed by atoms with Gasteiger partial charge in [-0.25, -0.2) is 4.79 Å². The van der Waals surface area contributed by atoms with Crippen molar-refractivity contribution in [2.75, 3.05) is 40.8 Å². The predicted molar refractivity (Wildman–Crippen MR) is 52.0 cm³/mol. The minimum atomic E-state index is -0.597. The van der Waals surface area contributed by atoms with Crippen LogP contribution in [0.5, 0.6) is 0 Å². The Kier molecular flexibility index (Phi) is 6.47. The van der Waals surface area contributed by atoms with Crippen LogP contribution in [-0.4, -0.2) is 57.7 Å². The maximum absolute atomic E-state index is 11.3. The number of nitrogens with one attached hydrogen (secondary N) is 2. The van der Waals surface area contributed by atoms with Gasteiger partial charge in [0.2, 0.25) is 5.91 Å². The summed E-state index contributed by atoms with van der Waals surface area (Å²) in [6.07, 6.45) is -0.597. The summed E-state index contributed by atoms with van der Waals surface area (Å²) in [7, 11) is 4.74. The van der Waals surface area contributed by atoms with E-state index in [0.29, 0.717) is 6.54 Å². The van der Waals surface area contributed by atoms with Crippen molar-refractivity contribution in [1.29, 1.82) is 0 Å². The van der Waals surface area contributed by atoms with Crippen LogP contribution < -0.4 is 10.6 Å². The van der Waals surface area contributed by atoms with Gasteiger partial charge in [0.15, 0.2) is 0 Å².